The highest BCUT2D eigenvalue weighted by Crippen LogP contribution is 2.26. The van der Waals surface area contributed by atoms with Gasteiger partial charge in [0.25, 0.3) is 5.12 Å². The third-order valence-electron chi connectivity index (χ3n) is 2.80. The van der Waals surface area contributed by atoms with Crippen LogP contribution in [-0.2, 0) is 21.3 Å². The summed E-state index contributed by atoms with van der Waals surface area (Å²) in [6.07, 6.45) is 0.128. The SMILES string of the molecule is O=C(CCc1ccccc1)S(=O)(=O)Oc1ccccc1O. The van der Waals surface area contributed by atoms with E-state index in [4.69, 9.17) is 0 Å². The standard InChI is InChI=1S/C15H14O5S/c16-13-8-4-5-9-14(13)20-21(18,19)15(17)11-10-12-6-2-1-3-7-12/h1-9,16H,10-11H2. The summed E-state index contributed by atoms with van der Waals surface area (Å²) >= 11 is 0. The molecule has 0 unspecified atom stereocenters. The zero-order chi connectivity index (χ0) is 15.3. The summed E-state index contributed by atoms with van der Waals surface area (Å²) in [5, 5.41) is 8.44. The molecule has 21 heavy (non-hydrogen) atoms. The second kappa shape index (κ2) is 6.41. The normalized spacial score (nSPS) is 11.0. The first kappa shape index (κ1) is 15.1. The molecular weight excluding hydrogens is 292 g/mol. The van der Waals surface area contributed by atoms with E-state index >= 15 is 0 Å². The maximum absolute atomic E-state index is 11.8. The van der Waals surface area contributed by atoms with E-state index in [-0.39, 0.29) is 17.9 Å². The minimum absolute atomic E-state index is 0.181. The molecule has 0 aromatic heterocycles. The summed E-state index contributed by atoms with van der Waals surface area (Å²) < 4.78 is 28.2. The minimum Gasteiger partial charge on any atom is -0.504 e. The minimum atomic E-state index is -4.40. The molecule has 0 saturated carbocycles. The van der Waals surface area contributed by atoms with Gasteiger partial charge in [-0.15, -0.1) is 0 Å². The van der Waals surface area contributed by atoms with Crippen molar-refractivity contribution in [3.63, 3.8) is 0 Å². The lowest BCUT2D eigenvalue weighted by Crippen LogP contribution is -2.21. The number of rotatable bonds is 5. The number of para-hydroxylation sites is 2. The van der Waals surface area contributed by atoms with Crippen molar-refractivity contribution in [1.29, 1.82) is 0 Å². The molecule has 0 saturated heterocycles. The molecule has 0 fully saturated rings. The van der Waals surface area contributed by atoms with E-state index < -0.39 is 15.2 Å². The lowest BCUT2D eigenvalue weighted by molar-refractivity contribution is -0.112. The average molecular weight is 306 g/mol. The van der Waals surface area contributed by atoms with Crippen LogP contribution in [0.1, 0.15) is 12.0 Å². The Morgan fingerprint density at radius 1 is 1.00 bits per heavy atom. The van der Waals surface area contributed by atoms with Gasteiger partial charge in [0.1, 0.15) is 0 Å². The summed E-state index contributed by atoms with van der Waals surface area (Å²) in [7, 11) is -4.40. The Morgan fingerprint density at radius 2 is 1.62 bits per heavy atom. The fourth-order valence-electron chi connectivity index (χ4n) is 1.71. The molecular formula is C15H14O5S. The number of carbonyl (C=O) groups is 1. The summed E-state index contributed by atoms with van der Waals surface area (Å²) in [5.41, 5.74) is 0.864. The molecule has 0 heterocycles. The molecule has 0 bridgehead atoms. The second-order valence-electron chi connectivity index (χ2n) is 4.36. The van der Waals surface area contributed by atoms with Crippen molar-refractivity contribution in [2.75, 3.05) is 0 Å². The number of benzene rings is 2. The van der Waals surface area contributed by atoms with Crippen molar-refractivity contribution in [2.45, 2.75) is 12.8 Å². The molecule has 2 aromatic rings. The van der Waals surface area contributed by atoms with Crippen molar-refractivity contribution < 1.29 is 22.5 Å². The number of phenols is 1. The second-order valence-corrected chi connectivity index (χ2v) is 5.89. The first-order valence-corrected chi connectivity index (χ1v) is 7.69. The van der Waals surface area contributed by atoms with E-state index in [1.54, 1.807) is 0 Å². The number of carbonyl (C=O) groups excluding carboxylic acids is 1. The Morgan fingerprint density at radius 3 is 2.29 bits per heavy atom. The molecule has 0 spiro atoms. The van der Waals surface area contributed by atoms with Crippen LogP contribution in [0.2, 0.25) is 0 Å². The Hall–Kier alpha value is -2.34. The molecule has 0 radical (unpaired) electrons. The zero-order valence-electron chi connectivity index (χ0n) is 11.1. The molecule has 1 N–H and O–H groups in total. The van der Waals surface area contributed by atoms with Crippen LogP contribution in [0, 0.1) is 0 Å². The Labute approximate surface area is 122 Å². The molecule has 0 aliphatic rings. The monoisotopic (exact) mass is 306 g/mol. The van der Waals surface area contributed by atoms with Gasteiger partial charge in [0.05, 0.1) is 0 Å². The van der Waals surface area contributed by atoms with Gasteiger partial charge in [-0.05, 0) is 24.1 Å². The van der Waals surface area contributed by atoms with E-state index in [9.17, 15) is 18.3 Å². The van der Waals surface area contributed by atoms with Crippen molar-refractivity contribution in [3.8, 4) is 11.5 Å². The first-order chi connectivity index (χ1) is 9.99. The first-order valence-electron chi connectivity index (χ1n) is 6.28. The number of aromatic hydroxyl groups is 1. The Kier molecular flexibility index (Phi) is 4.59. The van der Waals surface area contributed by atoms with Gasteiger partial charge in [-0.25, -0.2) is 0 Å². The molecule has 2 aromatic carbocycles. The van der Waals surface area contributed by atoms with Crippen LogP contribution in [0.4, 0.5) is 0 Å². The van der Waals surface area contributed by atoms with Gasteiger partial charge in [0.15, 0.2) is 11.5 Å². The van der Waals surface area contributed by atoms with Crippen LogP contribution in [0.5, 0.6) is 11.5 Å². The largest absolute Gasteiger partial charge is 0.504 e. The summed E-state index contributed by atoms with van der Waals surface area (Å²) in [5.74, 6) is -0.595. The van der Waals surface area contributed by atoms with E-state index in [1.165, 1.54) is 24.3 Å². The van der Waals surface area contributed by atoms with Gasteiger partial charge in [-0.2, -0.15) is 8.42 Å². The quantitative estimate of drug-likeness (QED) is 0.857. The highest BCUT2D eigenvalue weighted by molar-refractivity contribution is 8.02. The molecule has 6 heteroatoms. The Balaban J connectivity index is 2.02. The van der Waals surface area contributed by atoms with Gasteiger partial charge in [0.2, 0.25) is 0 Å². The van der Waals surface area contributed by atoms with Crippen molar-refractivity contribution in [3.05, 3.63) is 60.2 Å². The van der Waals surface area contributed by atoms with E-state index in [0.717, 1.165) is 5.56 Å². The van der Waals surface area contributed by atoms with Crippen molar-refractivity contribution >= 4 is 15.2 Å². The van der Waals surface area contributed by atoms with Gasteiger partial charge >= 0.3 is 10.1 Å². The molecule has 0 aliphatic carbocycles. The van der Waals surface area contributed by atoms with Crippen LogP contribution in [0.15, 0.2) is 54.6 Å². The van der Waals surface area contributed by atoms with Crippen LogP contribution < -0.4 is 4.18 Å². The van der Waals surface area contributed by atoms with Gasteiger partial charge < -0.3 is 9.29 Å². The topological polar surface area (TPSA) is 80.7 Å². The number of aryl methyl sites for hydroxylation is 1. The van der Waals surface area contributed by atoms with Crippen LogP contribution in [0.3, 0.4) is 0 Å². The van der Waals surface area contributed by atoms with Crippen LogP contribution >= 0.6 is 0 Å². The third kappa shape index (κ3) is 4.06. The number of hydrogen-bond acceptors (Lipinski definition) is 5. The van der Waals surface area contributed by atoms with E-state index in [0.29, 0.717) is 6.42 Å². The average Bonchev–Trinajstić information content (AvgIpc) is 2.48. The van der Waals surface area contributed by atoms with E-state index in [2.05, 4.69) is 4.18 Å². The van der Waals surface area contributed by atoms with Crippen molar-refractivity contribution in [1.82, 2.24) is 0 Å². The molecule has 0 amide bonds. The molecule has 0 aliphatic heterocycles. The number of hydrogen-bond donors (Lipinski definition) is 1. The molecule has 0 atom stereocenters. The lowest BCUT2D eigenvalue weighted by atomic mass is 10.1. The van der Waals surface area contributed by atoms with Gasteiger partial charge in [-0.3, -0.25) is 4.79 Å². The van der Waals surface area contributed by atoms with E-state index in [1.807, 2.05) is 30.3 Å². The van der Waals surface area contributed by atoms with Crippen LogP contribution in [-0.4, -0.2) is 18.6 Å². The predicted octanol–water partition coefficient (Wildman–Crippen LogP) is 2.26. The highest BCUT2D eigenvalue weighted by atomic mass is 32.2. The third-order valence-corrected chi connectivity index (χ3v) is 3.96. The molecule has 5 nitrogen and oxygen atoms in total. The van der Waals surface area contributed by atoms with Gasteiger partial charge in [-0.1, -0.05) is 42.5 Å². The maximum Gasteiger partial charge on any atom is 0.373 e. The number of phenolic OH excluding ortho intramolecular Hbond substituents is 1. The summed E-state index contributed by atoms with van der Waals surface area (Å²) in [6, 6.07) is 14.7. The fourth-order valence-corrected chi connectivity index (χ4v) is 2.53. The summed E-state index contributed by atoms with van der Waals surface area (Å²) in [4.78, 5) is 11.8. The zero-order valence-corrected chi connectivity index (χ0v) is 11.9. The summed E-state index contributed by atoms with van der Waals surface area (Å²) in [6.45, 7) is 0. The van der Waals surface area contributed by atoms with Crippen LogP contribution in [0.25, 0.3) is 0 Å². The van der Waals surface area contributed by atoms with Gasteiger partial charge in [0, 0.05) is 6.42 Å². The maximum atomic E-state index is 11.8. The molecule has 2 rings (SSSR count). The lowest BCUT2D eigenvalue weighted by Gasteiger charge is -2.07. The molecule has 110 valence electrons. The predicted molar refractivity (Wildman–Crippen MR) is 77.4 cm³/mol. The van der Waals surface area contributed by atoms with Crippen molar-refractivity contribution in [2.24, 2.45) is 0 Å². The fraction of sp³-hybridized carbons (Fsp3) is 0.133. The Bertz CT molecular complexity index is 723. The smallest absolute Gasteiger partial charge is 0.373 e. The highest BCUT2D eigenvalue weighted by Gasteiger charge is 2.25.